The van der Waals surface area contributed by atoms with E-state index in [1.807, 2.05) is 13.8 Å². The first-order valence-corrected chi connectivity index (χ1v) is 6.18. The Morgan fingerprint density at radius 1 is 1.53 bits per heavy atom. The van der Waals surface area contributed by atoms with Gasteiger partial charge >= 0.3 is 0 Å². The zero-order chi connectivity index (χ0) is 14.1. The number of furan rings is 1. The highest BCUT2D eigenvalue weighted by molar-refractivity contribution is 6.02. The first-order valence-electron chi connectivity index (χ1n) is 6.18. The average Bonchev–Trinajstić information content (AvgIpc) is 2.87. The van der Waals surface area contributed by atoms with Crippen LogP contribution >= 0.6 is 0 Å². The molecule has 106 valence electrons. The molecule has 1 aromatic heterocycles. The van der Waals surface area contributed by atoms with Gasteiger partial charge in [-0.2, -0.15) is 0 Å². The van der Waals surface area contributed by atoms with Crippen LogP contribution in [0.25, 0.3) is 0 Å². The summed E-state index contributed by atoms with van der Waals surface area (Å²) in [6, 6.07) is 3.42. The smallest absolute Gasteiger partial charge is 0.294 e. The van der Waals surface area contributed by atoms with E-state index in [0.717, 1.165) is 6.42 Å². The monoisotopic (exact) mass is 268 g/mol. The molecule has 0 fully saturated rings. The van der Waals surface area contributed by atoms with Crippen molar-refractivity contribution in [2.75, 3.05) is 20.3 Å². The summed E-state index contributed by atoms with van der Waals surface area (Å²) in [4.78, 5) is 16.0. The minimum atomic E-state index is -0.379. The number of nitrogens with one attached hydrogen (secondary N) is 1. The summed E-state index contributed by atoms with van der Waals surface area (Å²) < 4.78 is 15.4. The lowest BCUT2D eigenvalue weighted by Crippen LogP contribution is -2.34. The first kappa shape index (κ1) is 15.2. The summed E-state index contributed by atoms with van der Waals surface area (Å²) in [6.07, 6.45) is 2.13. The highest BCUT2D eigenvalue weighted by Gasteiger charge is 2.13. The number of rotatable bonds is 6. The van der Waals surface area contributed by atoms with Crippen molar-refractivity contribution in [3.05, 3.63) is 24.2 Å². The van der Waals surface area contributed by atoms with E-state index in [1.165, 1.54) is 6.26 Å². The van der Waals surface area contributed by atoms with E-state index in [-0.39, 0.29) is 23.8 Å². The zero-order valence-electron chi connectivity index (χ0n) is 11.5. The topological polar surface area (TPSA) is 73.1 Å². The second-order valence-electron chi connectivity index (χ2n) is 4.13. The maximum Gasteiger partial charge on any atom is 0.294 e. The summed E-state index contributed by atoms with van der Waals surface area (Å²) in [5, 5.41) is 2.58. The molecule has 0 radical (unpaired) electrons. The minimum Gasteiger partial charge on any atom is -0.462 e. The SMILES string of the molecule is COCCCN=C(NC(=O)c1ccco1)OC(C)C. The lowest BCUT2D eigenvalue weighted by molar-refractivity contribution is 0.0932. The van der Waals surface area contributed by atoms with Gasteiger partial charge in [0.05, 0.1) is 12.4 Å². The molecule has 1 N–H and O–H groups in total. The summed E-state index contributed by atoms with van der Waals surface area (Å²) in [6.45, 7) is 4.87. The molecule has 1 heterocycles. The fourth-order valence-corrected chi connectivity index (χ4v) is 1.29. The Kier molecular flexibility index (Phi) is 6.67. The van der Waals surface area contributed by atoms with E-state index in [1.54, 1.807) is 19.2 Å². The zero-order valence-corrected chi connectivity index (χ0v) is 11.5. The molecule has 1 rings (SSSR count). The van der Waals surface area contributed by atoms with E-state index < -0.39 is 0 Å². The summed E-state index contributed by atoms with van der Waals surface area (Å²) in [5.41, 5.74) is 0. The summed E-state index contributed by atoms with van der Waals surface area (Å²) in [5.74, 6) is -0.159. The molecule has 0 aliphatic rings. The van der Waals surface area contributed by atoms with Crippen LogP contribution in [-0.4, -0.2) is 38.3 Å². The normalized spacial score (nSPS) is 11.7. The van der Waals surface area contributed by atoms with Gasteiger partial charge < -0.3 is 13.9 Å². The lowest BCUT2D eigenvalue weighted by atomic mass is 10.4. The Bertz CT molecular complexity index is 399. The molecule has 1 aromatic rings. The number of ether oxygens (including phenoxy) is 2. The number of hydrogen-bond acceptors (Lipinski definition) is 5. The van der Waals surface area contributed by atoms with Gasteiger partial charge in [-0.05, 0) is 32.4 Å². The van der Waals surface area contributed by atoms with Gasteiger partial charge in [0.2, 0.25) is 0 Å². The average molecular weight is 268 g/mol. The largest absolute Gasteiger partial charge is 0.462 e. The number of amidine groups is 1. The van der Waals surface area contributed by atoms with Gasteiger partial charge in [0.15, 0.2) is 5.76 Å². The maximum absolute atomic E-state index is 11.8. The van der Waals surface area contributed by atoms with Gasteiger partial charge in [0.1, 0.15) is 0 Å². The van der Waals surface area contributed by atoms with Crippen LogP contribution in [-0.2, 0) is 9.47 Å². The van der Waals surface area contributed by atoms with E-state index in [0.29, 0.717) is 13.2 Å². The van der Waals surface area contributed by atoms with E-state index in [4.69, 9.17) is 13.9 Å². The Morgan fingerprint density at radius 2 is 2.32 bits per heavy atom. The number of hydrogen-bond donors (Lipinski definition) is 1. The van der Waals surface area contributed by atoms with Crippen LogP contribution in [0, 0.1) is 0 Å². The number of amides is 1. The van der Waals surface area contributed by atoms with Crippen LogP contribution < -0.4 is 5.32 Å². The number of carbonyl (C=O) groups excluding carboxylic acids is 1. The van der Waals surface area contributed by atoms with Crippen molar-refractivity contribution >= 4 is 11.9 Å². The Balaban J connectivity index is 2.56. The standard InChI is InChI=1S/C13H20N2O4/c1-10(2)19-13(14-7-5-8-17-3)15-12(16)11-6-4-9-18-11/h4,6,9-10H,5,7-8H2,1-3H3,(H,14,15,16). The molecule has 6 nitrogen and oxygen atoms in total. The predicted octanol–water partition coefficient (Wildman–Crippen LogP) is 1.83. The number of aliphatic imine (C=N–C) groups is 1. The molecular weight excluding hydrogens is 248 g/mol. The van der Waals surface area contributed by atoms with E-state index in [2.05, 4.69) is 10.3 Å². The van der Waals surface area contributed by atoms with Crippen LogP contribution in [0.2, 0.25) is 0 Å². The quantitative estimate of drug-likeness (QED) is 0.485. The van der Waals surface area contributed by atoms with Crippen LogP contribution in [0.4, 0.5) is 0 Å². The maximum atomic E-state index is 11.8. The van der Waals surface area contributed by atoms with Crippen LogP contribution in [0.3, 0.4) is 0 Å². The second-order valence-corrected chi connectivity index (χ2v) is 4.13. The van der Waals surface area contributed by atoms with E-state index in [9.17, 15) is 4.79 Å². The van der Waals surface area contributed by atoms with Gasteiger partial charge in [0, 0.05) is 20.3 Å². The molecule has 0 aliphatic carbocycles. The predicted molar refractivity (Wildman–Crippen MR) is 71.2 cm³/mol. The van der Waals surface area contributed by atoms with Crippen LogP contribution in [0.1, 0.15) is 30.8 Å². The van der Waals surface area contributed by atoms with Gasteiger partial charge in [0.25, 0.3) is 11.9 Å². The third-order valence-electron chi connectivity index (χ3n) is 2.07. The molecule has 0 spiro atoms. The van der Waals surface area contributed by atoms with Crippen molar-refractivity contribution in [2.45, 2.75) is 26.4 Å². The first-order chi connectivity index (χ1) is 9.13. The molecular formula is C13H20N2O4. The molecule has 0 saturated heterocycles. The van der Waals surface area contributed by atoms with Crippen molar-refractivity contribution in [1.29, 1.82) is 0 Å². The molecule has 0 unspecified atom stereocenters. The van der Waals surface area contributed by atoms with E-state index >= 15 is 0 Å². The fraction of sp³-hybridized carbons (Fsp3) is 0.538. The molecule has 0 bridgehead atoms. The number of carbonyl (C=O) groups is 1. The van der Waals surface area contributed by atoms with Crippen molar-refractivity contribution in [3.8, 4) is 0 Å². The third-order valence-corrected chi connectivity index (χ3v) is 2.07. The fourth-order valence-electron chi connectivity index (χ4n) is 1.29. The van der Waals surface area contributed by atoms with Crippen molar-refractivity contribution < 1.29 is 18.7 Å². The van der Waals surface area contributed by atoms with Crippen molar-refractivity contribution in [3.63, 3.8) is 0 Å². The molecule has 0 aromatic carbocycles. The highest BCUT2D eigenvalue weighted by Crippen LogP contribution is 2.00. The van der Waals surface area contributed by atoms with Gasteiger partial charge in [-0.1, -0.05) is 0 Å². The molecule has 0 aliphatic heterocycles. The van der Waals surface area contributed by atoms with Gasteiger partial charge in [-0.25, -0.2) is 4.99 Å². The second kappa shape index (κ2) is 8.31. The molecule has 6 heteroatoms. The third kappa shape index (κ3) is 6.05. The minimum absolute atomic E-state index is 0.0712. The Labute approximate surface area is 112 Å². The summed E-state index contributed by atoms with van der Waals surface area (Å²) in [7, 11) is 1.63. The molecule has 0 atom stereocenters. The lowest BCUT2D eigenvalue weighted by Gasteiger charge is -2.12. The van der Waals surface area contributed by atoms with Crippen molar-refractivity contribution in [1.82, 2.24) is 5.32 Å². The van der Waals surface area contributed by atoms with Crippen molar-refractivity contribution in [2.24, 2.45) is 4.99 Å². The Hall–Kier alpha value is -1.82. The van der Waals surface area contributed by atoms with Crippen LogP contribution in [0.5, 0.6) is 0 Å². The number of nitrogens with zero attached hydrogens (tertiary/aromatic N) is 1. The summed E-state index contributed by atoms with van der Waals surface area (Å²) >= 11 is 0. The number of methoxy groups -OCH3 is 1. The molecule has 0 saturated carbocycles. The molecule has 19 heavy (non-hydrogen) atoms. The highest BCUT2D eigenvalue weighted by atomic mass is 16.5. The van der Waals surface area contributed by atoms with Crippen LogP contribution in [0.15, 0.2) is 27.8 Å². The Morgan fingerprint density at radius 3 is 2.89 bits per heavy atom. The van der Waals surface area contributed by atoms with Gasteiger partial charge in [-0.15, -0.1) is 0 Å². The van der Waals surface area contributed by atoms with Gasteiger partial charge in [-0.3, -0.25) is 10.1 Å². The molecule has 1 amide bonds.